The number of benzene rings is 1. The molecule has 0 atom stereocenters. The number of aromatic amines is 1. The minimum Gasteiger partial charge on any atom is -0.352 e. The van der Waals surface area contributed by atoms with E-state index in [9.17, 15) is 0 Å². The van der Waals surface area contributed by atoms with Crippen LogP contribution in [-0.2, 0) is 0 Å². The quantitative estimate of drug-likeness (QED) is 0.609. The monoisotopic (exact) mass is 298 g/mol. The molecular weight excluding hydrogens is 284 g/mol. The second kappa shape index (κ2) is 4.56. The summed E-state index contributed by atoms with van der Waals surface area (Å²) < 4.78 is 1.89. The molecule has 0 unspecified atom stereocenters. The molecule has 0 radical (unpaired) electrons. The highest BCUT2D eigenvalue weighted by Gasteiger charge is 2.11. The van der Waals surface area contributed by atoms with Gasteiger partial charge in [-0.15, -0.1) is 11.3 Å². The van der Waals surface area contributed by atoms with Crippen LogP contribution in [0.3, 0.4) is 0 Å². The third kappa shape index (κ3) is 2.06. The molecular formula is C14H14N6S. The molecule has 4 aromatic rings. The van der Waals surface area contributed by atoms with E-state index in [2.05, 4.69) is 45.3 Å². The second-order valence-corrected chi connectivity index (χ2v) is 6.05. The number of H-pyrrole nitrogens is 1. The third-order valence-corrected chi connectivity index (χ3v) is 3.99. The first-order valence-corrected chi connectivity index (χ1v) is 7.63. The van der Waals surface area contributed by atoms with Gasteiger partial charge in [-0.25, -0.2) is 14.5 Å². The van der Waals surface area contributed by atoms with Gasteiger partial charge in [-0.3, -0.25) is 5.10 Å². The molecule has 2 N–H and O–H groups in total. The molecule has 0 aliphatic heterocycles. The van der Waals surface area contributed by atoms with E-state index in [1.54, 1.807) is 11.3 Å². The van der Waals surface area contributed by atoms with Crippen molar-refractivity contribution in [1.29, 1.82) is 0 Å². The van der Waals surface area contributed by atoms with Crippen molar-refractivity contribution in [3.05, 3.63) is 29.8 Å². The van der Waals surface area contributed by atoms with Crippen LogP contribution in [0.4, 0.5) is 5.95 Å². The van der Waals surface area contributed by atoms with Crippen molar-refractivity contribution in [2.24, 2.45) is 0 Å². The lowest BCUT2D eigenvalue weighted by atomic mass is 10.2. The fourth-order valence-corrected chi connectivity index (χ4v) is 2.96. The van der Waals surface area contributed by atoms with E-state index in [0.29, 0.717) is 11.8 Å². The maximum Gasteiger partial charge on any atom is 0.253 e. The number of nitrogens with one attached hydrogen (secondary N) is 2. The molecule has 0 spiro atoms. The second-order valence-electron chi connectivity index (χ2n) is 5.16. The van der Waals surface area contributed by atoms with Gasteiger partial charge in [-0.2, -0.15) is 4.98 Å². The van der Waals surface area contributed by atoms with E-state index in [1.165, 1.54) is 0 Å². The van der Waals surface area contributed by atoms with Gasteiger partial charge in [0.1, 0.15) is 5.01 Å². The van der Waals surface area contributed by atoms with E-state index in [4.69, 9.17) is 0 Å². The number of anilines is 1. The van der Waals surface area contributed by atoms with Gasteiger partial charge in [0.25, 0.3) is 5.78 Å². The molecule has 0 saturated heterocycles. The third-order valence-electron chi connectivity index (χ3n) is 3.17. The molecule has 3 heterocycles. The molecule has 0 aliphatic carbocycles. The fraction of sp³-hybridized carbons (Fsp3) is 0.214. The van der Waals surface area contributed by atoms with Crippen molar-refractivity contribution >= 4 is 34.1 Å². The van der Waals surface area contributed by atoms with Gasteiger partial charge in [-0.1, -0.05) is 0 Å². The zero-order valence-corrected chi connectivity index (χ0v) is 12.5. The Kier molecular flexibility index (Phi) is 2.68. The SMILES string of the molecule is CC(C)Nc1nc2nc3cc(-c4nccs4)ccc3n2[nH]1. The summed E-state index contributed by atoms with van der Waals surface area (Å²) in [6.45, 7) is 4.15. The maximum absolute atomic E-state index is 4.57. The number of imidazole rings is 1. The van der Waals surface area contributed by atoms with Gasteiger partial charge in [0, 0.05) is 23.2 Å². The van der Waals surface area contributed by atoms with Crippen LogP contribution in [0.2, 0.25) is 0 Å². The first-order valence-electron chi connectivity index (χ1n) is 6.75. The van der Waals surface area contributed by atoms with Gasteiger partial charge in [0.15, 0.2) is 0 Å². The number of thiazole rings is 1. The van der Waals surface area contributed by atoms with E-state index < -0.39 is 0 Å². The van der Waals surface area contributed by atoms with Crippen LogP contribution < -0.4 is 5.32 Å². The number of nitrogens with zero attached hydrogens (tertiary/aromatic N) is 4. The molecule has 6 nitrogen and oxygen atoms in total. The number of fused-ring (bicyclic) bond motifs is 3. The molecule has 3 aromatic heterocycles. The summed E-state index contributed by atoms with van der Waals surface area (Å²) in [4.78, 5) is 13.4. The Bertz CT molecular complexity index is 902. The molecule has 1 aromatic carbocycles. The molecule has 106 valence electrons. The lowest BCUT2D eigenvalue weighted by Gasteiger charge is -2.04. The Morgan fingerprint density at radius 3 is 2.95 bits per heavy atom. The summed E-state index contributed by atoms with van der Waals surface area (Å²) in [5.41, 5.74) is 3.01. The number of aromatic nitrogens is 5. The molecule has 21 heavy (non-hydrogen) atoms. The summed E-state index contributed by atoms with van der Waals surface area (Å²) in [6, 6.07) is 6.48. The Morgan fingerprint density at radius 1 is 1.29 bits per heavy atom. The molecule has 0 aliphatic rings. The minimum absolute atomic E-state index is 0.323. The molecule has 0 amide bonds. The van der Waals surface area contributed by atoms with E-state index in [0.717, 1.165) is 27.6 Å². The first-order chi connectivity index (χ1) is 10.2. The Labute approximate surface area is 124 Å². The molecule has 0 fully saturated rings. The van der Waals surface area contributed by atoms with Crippen molar-refractivity contribution in [2.75, 3.05) is 5.32 Å². The number of rotatable bonds is 3. The summed E-state index contributed by atoms with van der Waals surface area (Å²) in [6.07, 6.45) is 1.81. The predicted octanol–water partition coefficient (Wildman–Crippen LogP) is 3.15. The van der Waals surface area contributed by atoms with Gasteiger partial charge in [-0.05, 0) is 32.0 Å². The normalized spacial score (nSPS) is 11.8. The standard InChI is InChI=1S/C14H14N6S/c1-8(2)16-13-18-14-17-10-7-9(12-15-5-6-21-12)3-4-11(10)20(14)19-13/h3-8H,1-2H3,(H2,16,17,18,19). The Morgan fingerprint density at radius 2 is 2.19 bits per heavy atom. The maximum atomic E-state index is 4.57. The van der Waals surface area contributed by atoms with Crippen molar-refractivity contribution in [3.8, 4) is 10.6 Å². The Hall–Kier alpha value is -2.41. The van der Waals surface area contributed by atoms with Crippen LogP contribution in [-0.4, -0.2) is 30.6 Å². The minimum atomic E-state index is 0.323. The lowest BCUT2D eigenvalue weighted by molar-refractivity contribution is 0.870. The summed E-state index contributed by atoms with van der Waals surface area (Å²) in [7, 11) is 0. The van der Waals surface area contributed by atoms with Crippen LogP contribution >= 0.6 is 11.3 Å². The van der Waals surface area contributed by atoms with E-state index in [1.807, 2.05) is 28.2 Å². The van der Waals surface area contributed by atoms with Gasteiger partial charge in [0.2, 0.25) is 5.95 Å². The zero-order chi connectivity index (χ0) is 14.4. The molecule has 0 bridgehead atoms. The van der Waals surface area contributed by atoms with Crippen LogP contribution in [0.1, 0.15) is 13.8 Å². The molecule has 4 rings (SSSR count). The van der Waals surface area contributed by atoms with Crippen LogP contribution in [0.5, 0.6) is 0 Å². The van der Waals surface area contributed by atoms with Gasteiger partial charge >= 0.3 is 0 Å². The smallest absolute Gasteiger partial charge is 0.253 e. The van der Waals surface area contributed by atoms with Crippen LogP contribution in [0.25, 0.3) is 27.4 Å². The van der Waals surface area contributed by atoms with Crippen LogP contribution in [0, 0.1) is 0 Å². The first kappa shape index (κ1) is 12.3. The van der Waals surface area contributed by atoms with Crippen molar-refractivity contribution in [2.45, 2.75) is 19.9 Å². The highest BCUT2D eigenvalue weighted by Crippen LogP contribution is 2.26. The number of hydrogen-bond donors (Lipinski definition) is 2. The highest BCUT2D eigenvalue weighted by molar-refractivity contribution is 7.13. The number of hydrogen-bond acceptors (Lipinski definition) is 5. The van der Waals surface area contributed by atoms with Gasteiger partial charge < -0.3 is 5.32 Å². The Balaban J connectivity index is 1.83. The molecule has 0 saturated carbocycles. The summed E-state index contributed by atoms with van der Waals surface area (Å²) >= 11 is 1.62. The zero-order valence-electron chi connectivity index (χ0n) is 11.7. The molecule has 7 heteroatoms. The summed E-state index contributed by atoms with van der Waals surface area (Å²) in [5.74, 6) is 1.41. The highest BCUT2D eigenvalue weighted by atomic mass is 32.1. The average Bonchev–Trinajstić information content (AvgIpc) is 3.11. The largest absolute Gasteiger partial charge is 0.352 e. The average molecular weight is 298 g/mol. The predicted molar refractivity (Wildman–Crippen MR) is 84.7 cm³/mol. The van der Waals surface area contributed by atoms with Gasteiger partial charge in [0.05, 0.1) is 11.0 Å². The van der Waals surface area contributed by atoms with E-state index in [-0.39, 0.29) is 0 Å². The van der Waals surface area contributed by atoms with Crippen molar-refractivity contribution < 1.29 is 0 Å². The van der Waals surface area contributed by atoms with Crippen molar-refractivity contribution in [1.82, 2.24) is 24.6 Å². The van der Waals surface area contributed by atoms with Crippen LogP contribution in [0.15, 0.2) is 29.8 Å². The lowest BCUT2D eigenvalue weighted by Crippen LogP contribution is -2.10. The van der Waals surface area contributed by atoms with E-state index >= 15 is 0 Å². The van der Waals surface area contributed by atoms with Crippen molar-refractivity contribution in [3.63, 3.8) is 0 Å². The topological polar surface area (TPSA) is 70.9 Å². The fourth-order valence-electron chi connectivity index (χ4n) is 2.32. The summed E-state index contributed by atoms with van der Waals surface area (Å²) in [5, 5.41) is 9.44.